The van der Waals surface area contributed by atoms with Crippen LogP contribution in [0.2, 0.25) is 0 Å². The smallest absolute Gasteiger partial charge is 0.258 e. The molecular weight excluding hydrogens is 342 g/mol. The van der Waals surface area contributed by atoms with E-state index in [1.54, 1.807) is 0 Å². The second-order valence-electron chi connectivity index (χ2n) is 6.49. The topological polar surface area (TPSA) is 56.8 Å². The third-order valence-electron chi connectivity index (χ3n) is 4.53. The Labute approximate surface area is 157 Å². The third-order valence-corrected chi connectivity index (χ3v) is 4.53. The highest BCUT2D eigenvalue weighted by Gasteiger charge is 2.16. The maximum absolute atomic E-state index is 12.3. The summed E-state index contributed by atoms with van der Waals surface area (Å²) >= 11 is 0. The maximum Gasteiger partial charge on any atom is 0.258 e. The Kier molecular flexibility index (Phi) is 4.83. The van der Waals surface area contributed by atoms with Crippen LogP contribution in [0.4, 0.5) is 0 Å². The van der Waals surface area contributed by atoms with Crippen molar-refractivity contribution in [3.63, 3.8) is 0 Å². The van der Waals surface area contributed by atoms with Gasteiger partial charge in [0.25, 0.3) is 5.91 Å². The Morgan fingerprint density at radius 3 is 2.63 bits per heavy atom. The first-order valence-corrected chi connectivity index (χ1v) is 8.99. The molecule has 138 valence electrons. The number of fused-ring (bicyclic) bond motifs is 2. The lowest BCUT2D eigenvalue weighted by molar-refractivity contribution is -0.123. The summed E-state index contributed by atoms with van der Waals surface area (Å²) in [5.74, 6) is 1.96. The fraction of sp³-hybridized carbons (Fsp3) is 0.227. The molecule has 1 aliphatic heterocycles. The number of carbonyl (C=O) groups excluding carboxylic acids is 1. The predicted molar refractivity (Wildman–Crippen MR) is 103 cm³/mol. The number of benzene rings is 3. The number of carbonyl (C=O) groups is 1. The van der Waals surface area contributed by atoms with E-state index >= 15 is 0 Å². The number of nitrogens with one attached hydrogen (secondary N) is 1. The molecule has 1 atom stereocenters. The minimum atomic E-state index is -0.175. The molecule has 0 radical (unpaired) electrons. The van der Waals surface area contributed by atoms with Crippen LogP contribution in [-0.2, 0) is 4.79 Å². The van der Waals surface area contributed by atoms with E-state index in [1.165, 1.54) is 0 Å². The Hall–Kier alpha value is -3.21. The Morgan fingerprint density at radius 1 is 1.00 bits per heavy atom. The largest absolute Gasteiger partial charge is 0.486 e. The van der Waals surface area contributed by atoms with Crippen molar-refractivity contribution >= 4 is 16.7 Å². The molecule has 5 heteroatoms. The van der Waals surface area contributed by atoms with E-state index in [1.807, 2.05) is 67.6 Å². The molecule has 1 amide bonds. The van der Waals surface area contributed by atoms with Gasteiger partial charge in [-0.15, -0.1) is 0 Å². The first-order chi connectivity index (χ1) is 13.2. The van der Waals surface area contributed by atoms with Crippen molar-refractivity contribution in [1.82, 2.24) is 5.32 Å². The predicted octanol–water partition coefficient (Wildman–Crippen LogP) is 3.87. The van der Waals surface area contributed by atoms with Crippen molar-refractivity contribution in [2.75, 3.05) is 19.8 Å². The van der Waals surface area contributed by atoms with Crippen LogP contribution in [0, 0.1) is 0 Å². The van der Waals surface area contributed by atoms with Crippen LogP contribution in [0.3, 0.4) is 0 Å². The van der Waals surface area contributed by atoms with Crippen molar-refractivity contribution < 1.29 is 19.0 Å². The van der Waals surface area contributed by atoms with E-state index in [4.69, 9.17) is 14.2 Å². The van der Waals surface area contributed by atoms with Crippen LogP contribution >= 0.6 is 0 Å². The summed E-state index contributed by atoms with van der Waals surface area (Å²) in [4.78, 5) is 12.3. The molecule has 4 rings (SSSR count). The van der Waals surface area contributed by atoms with E-state index in [2.05, 4.69) is 5.32 Å². The molecule has 5 nitrogen and oxygen atoms in total. The second kappa shape index (κ2) is 7.58. The minimum absolute atomic E-state index is 0.0345. The molecule has 1 N–H and O–H groups in total. The monoisotopic (exact) mass is 363 g/mol. The van der Waals surface area contributed by atoms with E-state index in [9.17, 15) is 4.79 Å². The molecule has 0 bridgehead atoms. The zero-order chi connectivity index (χ0) is 18.6. The average Bonchev–Trinajstić information content (AvgIpc) is 2.71. The summed E-state index contributed by atoms with van der Waals surface area (Å²) in [6, 6.07) is 19.4. The van der Waals surface area contributed by atoms with Crippen molar-refractivity contribution in [3.05, 3.63) is 66.2 Å². The first kappa shape index (κ1) is 17.2. The molecule has 1 aliphatic rings. The van der Waals surface area contributed by atoms with Crippen LogP contribution in [0.15, 0.2) is 60.7 Å². The summed E-state index contributed by atoms with van der Waals surface area (Å²) in [5, 5.41) is 5.17. The molecule has 0 saturated heterocycles. The van der Waals surface area contributed by atoms with Gasteiger partial charge in [0.15, 0.2) is 18.1 Å². The Balaban J connectivity index is 1.35. The lowest BCUT2D eigenvalue weighted by Crippen LogP contribution is -2.31. The van der Waals surface area contributed by atoms with Crippen LogP contribution in [-0.4, -0.2) is 25.7 Å². The van der Waals surface area contributed by atoms with E-state index in [0.717, 1.165) is 22.1 Å². The van der Waals surface area contributed by atoms with Crippen LogP contribution in [0.5, 0.6) is 17.2 Å². The summed E-state index contributed by atoms with van der Waals surface area (Å²) in [6.07, 6.45) is 0. The van der Waals surface area contributed by atoms with Gasteiger partial charge in [0.1, 0.15) is 19.0 Å². The van der Waals surface area contributed by atoms with Gasteiger partial charge in [-0.25, -0.2) is 0 Å². The third kappa shape index (κ3) is 3.97. The van der Waals surface area contributed by atoms with Gasteiger partial charge in [-0.05, 0) is 47.5 Å². The van der Waals surface area contributed by atoms with E-state index < -0.39 is 0 Å². The van der Waals surface area contributed by atoms with Gasteiger partial charge in [-0.2, -0.15) is 0 Å². The average molecular weight is 363 g/mol. The molecule has 0 aromatic heterocycles. The summed E-state index contributed by atoms with van der Waals surface area (Å²) in [7, 11) is 0. The number of rotatable bonds is 5. The lowest BCUT2D eigenvalue weighted by atomic mass is 10.1. The van der Waals surface area contributed by atoms with Gasteiger partial charge >= 0.3 is 0 Å². The minimum Gasteiger partial charge on any atom is -0.486 e. The summed E-state index contributed by atoms with van der Waals surface area (Å²) in [5.41, 5.74) is 0.957. The zero-order valence-electron chi connectivity index (χ0n) is 15.1. The standard InChI is InChI=1S/C22H21NO4/c1-15(17-7-9-20-21(13-17)26-11-10-25-20)23-22(24)14-27-19-8-6-16-4-2-3-5-18(16)12-19/h2-9,12-13,15H,10-11,14H2,1H3,(H,23,24). The Bertz CT molecular complexity index is 969. The molecular formula is C22H21NO4. The highest BCUT2D eigenvalue weighted by molar-refractivity contribution is 5.84. The van der Waals surface area contributed by atoms with Crippen LogP contribution in [0.25, 0.3) is 10.8 Å². The fourth-order valence-electron chi connectivity index (χ4n) is 3.10. The lowest BCUT2D eigenvalue weighted by Gasteiger charge is -2.21. The molecule has 0 spiro atoms. The maximum atomic E-state index is 12.3. The van der Waals surface area contributed by atoms with E-state index in [0.29, 0.717) is 24.7 Å². The first-order valence-electron chi connectivity index (χ1n) is 8.99. The van der Waals surface area contributed by atoms with Gasteiger partial charge in [-0.1, -0.05) is 36.4 Å². The van der Waals surface area contributed by atoms with Crippen molar-refractivity contribution in [3.8, 4) is 17.2 Å². The van der Waals surface area contributed by atoms with Gasteiger partial charge in [0.2, 0.25) is 0 Å². The molecule has 27 heavy (non-hydrogen) atoms. The highest BCUT2D eigenvalue weighted by atomic mass is 16.6. The molecule has 0 fully saturated rings. The highest BCUT2D eigenvalue weighted by Crippen LogP contribution is 2.32. The zero-order valence-corrected chi connectivity index (χ0v) is 15.1. The summed E-state index contributed by atoms with van der Waals surface area (Å²) in [6.45, 7) is 2.99. The number of hydrogen-bond acceptors (Lipinski definition) is 4. The van der Waals surface area contributed by atoms with Crippen molar-refractivity contribution in [2.45, 2.75) is 13.0 Å². The number of amides is 1. The summed E-state index contributed by atoms with van der Waals surface area (Å²) < 4.78 is 16.8. The van der Waals surface area contributed by atoms with Crippen LogP contribution < -0.4 is 19.5 Å². The number of ether oxygens (including phenoxy) is 3. The van der Waals surface area contributed by atoms with Crippen molar-refractivity contribution in [2.24, 2.45) is 0 Å². The molecule has 1 heterocycles. The van der Waals surface area contributed by atoms with E-state index in [-0.39, 0.29) is 18.6 Å². The van der Waals surface area contributed by atoms with Crippen LogP contribution in [0.1, 0.15) is 18.5 Å². The fourth-order valence-corrected chi connectivity index (χ4v) is 3.10. The van der Waals surface area contributed by atoms with Crippen molar-refractivity contribution in [1.29, 1.82) is 0 Å². The van der Waals surface area contributed by atoms with Gasteiger partial charge in [-0.3, -0.25) is 4.79 Å². The SMILES string of the molecule is CC(NC(=O)COc1ccc2ccccc2c1)c1ccc2c(c1)OCCO2. The number of hydrogen-bond donors (Lipinski definition) is 1. The molecule has 3 aromatic rings. The molecule has 0 saturated carbocycles. The normalized spacial score (nSPS) is 13.8. The quantitative estimate of drug-likeness (QED) is 0.748. The van der Waals surface area contributed by atoms with Gasteiger partial charge < -0.3 is 19.5 Å². The Morgan fingerprint density at radius 2 is 1.78 bits per heavy atom. The molecule has 3 aromatic carbocycles. The van der Waals surface area contributed by atoms with Gasteiger partial charge in [0, 0.05) is 0 Å². The van der Waals surface area contributed by atoms with Gasteiger partial charge in [0.05, 0.1) is 6.04 Å². The second-order valence-corrected chi connectivity index (χ2v) is 6.49. The molecule has 1 unspecified atom stereocenters. The molecule has 0 aliphatic carbocycles.